The topological polar surface area (TPSA) is 651 Å². The number of hydrogen-bond acceptors (Lipinski definition) is 30. The Labute approximate surface area is 578 Å². The summed E-state index contributed by atoms with van der Waals surface area (Å²) in [6.45, 7) is 0. The summed E-state index contributed by atoms with van der Waals surface area (Å²) in [7, 11) is -29.9. The van der Waals surface area contributed by atoms with Crippen molar-refractivity contribution in [2.75, 3.05) is 21.3 Å². The number of carbonyl (C=O) groups is 2. The van der Waals surface area contributed by atoms with Gasteiger partial charge in [0.1, 0.15) is 31.0 Å². The maximum atomic E-state index is 13.4. The van der Waals surface area contributed by atoms with Crippen molar-refractivity contribution in [2.24, 2.45) is 20.5 Å². The van der Waals surface area contributed by atoms with Gasteiger partial charge in [0.2, 0.25) is 34.4 Å². The van der Waals surface area contributed by atoms with Gasteiger partial charge in [-0.25, -0.2) is 19.0 Å². The fourth-order valence-corrected chi connectivity index (χ4v) is 12.7. The Morgan fingerprint density at radius 2 is 0.686 bits per heavy atom. The van der Waals surface area contributed by atoms with E-state index < -0.39 is 182 Å². The quantitative estimate of drug-likeness (QED) is 0.0162. The van der Waals surface area contributed by atoms with E-state index in [1.165, 1.54) is 12.1 Å². The normalized spacial score (nSPS) is 12.5. The van der Waals surface area contributed by atoms with E-state index in [4.69, 9.17) is 23.2 Å². The van der Waals surface area contributed by atoms with Crippen molar-refractivity contribution in [3.05, 3.63) is 175 Å². The van der Waals surface area contributed by atoms with Gasteiger partial charge >= 0.3 is 11.9 Å². The van der Waals surface area contributed by atoms with Crippen LogP contribution >= 0.6 is 23.2 Å². The first-order valence-corrected chi connectivity index (χ1v) is 36.2. The molecule has 10 rings (SSSR count). The average Bonchev–Trinajstić information content (AvgIpc) is 1.60. The number of nitrogens with one attached hydrogen (secondary N) is 6. The minimum absolute atomic E-state index is 0.142. The van der Waals surface area contributed by atoms with E-state index in [1.54, 1.807) is 0 Å². The second kappa shape index (κ2) is 27.9. The number of aromatic carboxylic acids is 2. The molecule has 0 aliphatic rings. The van der Waals surface area contributed by atoms with Crippen molar-refractivity contribution in [1.82, 2.24) is 49.5 Å². The summed E-state index contributed by atoms with van der Waals surface area (Å²) in [5, 5.41) is 48.4. The van der Waals surface area contributed by atoms with Crippen LogP contribution in [0.5, 0.6) is 0 Å². The second-order valence-corrected chi connectivity index (χ2v) is 29.1. The first-order chi connectivity index (χ1) is 47.6. The Bertz CT molecular complexity index is 5750. The third kappa shape index (κ3) is 17.0. The van der Waals surface area contributed by atoms with Gasteiger partial charge < -0.3 is 31.5 Å². The Morgan fingerprint density at radius 1 is 0.392 bits per heavy atom. The molecule has 4 heterocycles. The second-order valence-electron chi connectivity index (χ2n) is 20.0. The number of aromatic amines is 2. The van der Waals surface area contributed by atoms with Crippen LogP contribution in [0.15, 0.2) is 181 Å². The summed E-state index contributed by atoms with van der Waals surface area (Å²) in [6, 6.07) is 19.7. The average molecular weight is 1560 g/mol. The zero-order valence-corrected chi connectivity index (χ0v) is 55.8. The standard InChI is InChI=1S/C52H36Cl2N18O24S6/c53-47-59-49(55-25-7-17-35(99(85,86)87)33(19-25)65-67-39-41(45(75)76)69-71(43(39)73)29-9-13-31(14-10-29)97(79,80)81)63-51(61-47)57-27-5-3-23(37(21-27)101(91,92)93)1-2-24-4-6-28(22-38(24)102(94,95)96)58-52-62-48(54)60-50(64-52)56-26-8-18-36(100(88,89)90)34(20-26)66-68-40-42(46(77)78)70-72(44(40)74)30-11-15-32(16-12-30)98(82,83)84/h1-22,69-70H,(H,75,76)(H,77,78)(H,79,80,81)(H,82,83,84)(H,85,86,87)(H,88,89,90)(H,91,92,93)(H,94,95,96)(H2,55,57,59,61,63)(H2,56,58,60,62,64). The summed E-state index contributed by atoms with van der Waals surface area (Å²) in [5.41, 5.74) is -8.90. The summed E-state index contributed by atoms with van der Waals surface area (Å²) in [6.07, 6.45) is 2.07. The Balaban J connectivity index is 0.863. The van der Waals surface area contributed by atoms with E-state index in [1.807, 2.05) is 0 Å². The van der Waals surface area contributed by atoms with Crippen LogP contribution in [-0.4, -0.2) is 149 Å². The molecule has 0 amide bonds. The molecule has 528 valence electrons. The predicted molar refractivity (Wildman–Crippen MR) is 351 cm³/mol. The number of benzene rings is 6. The zero-order chi connectivity index (χ0) is 74.3. The molecule has 42 nitrogen and oxygen atoms in total. The molecule has 0 aliphatic heterocycles. The molecule has 0 bridgehead atoms. The van der Waals surface area contributed by atoms with Crippen molar-refractivity contribution in [3.63, 3.8) is 0 Å². The van der Waals surface area contributed by atoms with Crippen molar-refractivity contribution in [1.29, 1.82) is 0 Å². The third-order valence-corrected chi connectivity index (χ3v) is 18.9. The number of nitrogens with zero attached hydrogens (tertiary/aromatic N) is 12. The monoisotopic (exact) mass is 1560 g/mol. The first-order valence-electron chi connectivity index (χ1n) is 26.8. The van der Waals surface area contributed by atoms with Crippen LogP contribution in [0.1, 0.15) is 32.1 Å². The van der Waals surface area contributed by atoms with E-state index in [2.05, 4.69) is 81.8 Å². The minimum Gasteiger partial charge on any atom is -0.476 e. The van der Waals surface area contributed by atoms with Crippen LogP contribution in [0.4, 0.5) is 69.3 Å². The van der Waals surface area contributed by atoms with Crippen molar-refractivity contribution in [2.45, 2.75) is 29.4 Å². The zero-order valence-electron chi connectivity index (χ0n) is 49.4. The summed E-state index contributed by atoms with van der Waals surface area (Å²) < 4.78 is 208. The number of carboxylic acids is 2. The lowest BCUT2D eigenvalue weighted by Crippen LogP contribution is -2.14. The molecule has 0 saturated carbocycles. The molecule has 0 spiro atoms. The van der Waals surface area contributed by atoms with E-state index in [-0.39, 0.29) is 45.3 Å². The van der Waals surface area contributed by atoms with Crippen molar-refractivity contribution < 1.29 is 97.6 Å². The van der Waals surface area contributed by atoms with Crippen LogP contribution in [0.2, 0.25) is 10.6 Å². The van der Waals surface area contributed by atoms with Gasteiger partial charge in [-0.05, 0) is 144 Å². The maximum Gasteiger partial charge on any atom is 0.356 e. The molecule has 14 N–H and O–H groups in total. The van der Waals surface area contributed by atoms with E-state index in [9.17, 15) is 107 Å². The van der Waals surface area contributed by atoms with Gasteiger partial charge in [-0.1, -0.05) is 24.3 Å². The number of H-pyrrole nitrogens is 2. The number of anilines is 8. The SMILES string of the molecule is O=C(O)c1[nH]n(-c2ccc(S(=O)(=O)O)cc2)c(=O)c1N=Nc1cc(Nc2nc(Cl)nc(Nc3ccc(C=Cc4ccc(Nc5nc(Cl)nc(Nc6ccc(S(=O)(=O)O)c(N=Nc7c(C(=O)O)[nH]n(-c8ccc(S(=O)(=O)O)cc8)c7=O)c6)n5)cc4S(=O)(=O)O)c(S(=O)(=O)O)c3)n2)ccc1S(=O)(=O)O. The molecule has 0 saturated heterocycles. The van der Waals surface area contributed by atoms with Gasteiger partial charge in [-0.2, -0.15) is 80.4 Å². The van der Waals surface area contributed by atoms with Crippen molar-refractivity contribution in [3.8, 4) is 11.4 Å². The molecule has 0 atom stereocenters. The lowest BCUT2D eigenvalue weighted by Gasteiger charge is -2.12. The highest BCUT2D eigenvalue weighted by atomic mass is 35.5. The number of rotatable bonds is 24. The van der Waals surface area contributed by atoms with E-state index in [0.29, 0.717) is 9.36 Å². The van der Waals surface area contributed by atoms with Crippen LogP contribution < -0.4 is 32.4 Å². The highest BCUT2D eigenvalue weighted by Crippen LogP contribution is 2.35. The van der Waals surface area contributed by atoms with Crippen LogP contribution in [-0.2, 0) is 60.7 Å². The molecule has 10 aromatic rings. The van der Waals surface area contributed by atoms with Crippen molar-refractivity contribution >= 4 is 177 Å². The van der Waals surface area contributed by atoms with Gasteiger partial charge in [0.15, 0.2) is 22.8 Å². The molecule has 4 aromatic heterocycles. The molecule has 0 unspecified atom stereocenters. The lowest BCUT2D eigenvalue weighted by molar-refractivity contribution is 0.0680. The largest absolute Gasteiger partial charge is 0.476 e. The van der Waals surface area contributed by atoms with Crippen LogP contribution in [0, 0.1) is 0 Å². The van der Waals surface area contributed by atoms with Crippen LogP contribution in [0.3, 0.4) is 0 Å². The Kier molecular flexibility index (Phi) is 20.0. The van der Waals surface area contributed by atoms with Gasteiger partial charge in [0.05, 0.1) is 21.2 Å². The van der Waals surface area contributed by atoms with Crippen LogP contribution in [0.25, 0.3) is 23.5 Å². The van der Waals surface area contributed by atoms with E-state index >= 15 is 0 Å². The number of azo groups is 2. The van der Waals surface area contributed by atoms with Gasteiger partial charge in [0.25, 0.3) is 71.8 Å². The lowest BCUT2D eigenvalue weighted by atomic mass is 10.1. The molecule has 0 aliphatic carbocycles. The van der Waals surface area contributed by atoms with Gasteiger partial charge in [-0.15, -0.1) is 20.5 Å². The number of carboxylic acid groups (broad SMARTS) is 2. The molecular formula is C52H36Cl2N18O24S6. The summed E-state index contributed by atoms with van der Waals surface area (Å²) >= 11 is 12.4. The molecular weight excluding hydrogens is 1520 g/mol. The number of aromatic nitrogens is 10. The summed E-state index contributed by atoms with van der Waals surface area (Å²) in [5.74, 6) is -5.21. The molecule has 102 heavy (non-hydrogen) atoms. The fraction of sp³-hybridized carbons (Fsp3) is 0. The number of halogens is 2. The summed E-state index contributed by atoms with van der Waals surface area (Å²) in [4.78, 5) is 70.5. The fourth-order valence-electron chi connectivity index (χ4n) is 8.80. The highest BCUT2D eigenvalue weighted by Gasteiger charge is 2.27. The molecule has 50 heteroatoms. The van der Waals surface area contributed by atoms with Gasteiger partial charge in [-0.3, -0.25) is 47.1 Å². The minimum atomic E-state index is -5.16. The highest BCUT2D eigenvalue weighted by molar-refractivity contribution is 7.87. The smallest absolute Gasteiger partial charge is 0.356 e. The molecule has 0 fully saturated rings. The molecule has 0 radical (unpaired) electrons. The maximum absolute atomic E-state index is 13.4. The third-order valence-electron chi connectivity index (χ3n) is 13.2. The van der Waals surface area contributed by atoms with Gasteiger partial charge in [0, 0.05) is 22.7 Å². The molecule has 6 aromatic carbocycles. The number of hydrogen-bond donors (Lipinski definition) is 14. The first kappa shape index (κ1) is 73.2. The Morgan fingerprint density at radius 3 is 0.971 bits per heavy atom. The predicted octanol–water partition coefficient (Wildman–Crippen LogP) is 7.17. The Hall–Kier alpha value is -11.5. The van der Waals surface area contributed by atoms with E-state index in [0.717, 1.165) is 121 Å².